The van der Waals surface area contributed by atoms with E-state index in [0.717, 1.165) is 35.4 Å². The summed E-state index contributed by atoms with van der Waals surface area (Å²) < 4.78 is 2.16. The number of hydrogen-bond acceptors (Lipinski definition) is 1. The largest absolute Gasteiger partial charge is 0.237 e. The van der Waals surface area contributed by atoms with Gasteiger partial charge in [-0.15, -0.1) is 0 Å². The Bertz CT molecular complexity index is 685. The molecule has 3 rings (SSSR count). The van der Waals surface area contributed by atoms with Gasteiger partial charge in [0.15, 0.2) is 0 Å². The topological polar surface area (TPSA) is 17.8 Å². The van der Waals surface area contributed by atoms with Gasteiger partial charge in [-0.3, -0.25) is 0 Å². The number of nitrogens with zero attached hydrogens (tertiary/aromatic N) is 2. The van der Waals surface area contributed by atoms with Crippen molar-refractivity contribution in [2.45, 2.75) is 53.4 Å². The highest BCUT2D eigenvalue weighted by atomic mass is 35.5. The van der Waals surface area contributed by atoms with Gasteiger partial charge in [-0.1, -0.05) is 45.4 Å². The molecule has 1 atom stereocenters. The minimum Gasteiger partial charge on any atom is -0.237 e. The second kappa shape index (κ2) is 6.68. The lowest BCUT2D eigenvalue weighted by Crippen LogP contribution is -2.21. The van der Waals surface area contributed by atoms with Gasteiger partial charge >= 0.3 is 0 Å². The summed E-state index contributed by atoms with van der Waals surface area (Å²) in [4.78, 5) is 0. The van der Waals surface area contributed by atoms with Crippen molar-refractivity contribution in [2.24, 2.45) is 17.8 Å². The Labute approximate surface area is 144 Å². The normalized spacial score (nSPS) is 17.8. The van der Waals surface area contributed by atoms with Crippen LogP contribution in [-0.4, -0.2) is 9.78 Å². The first-order valence-corrected chi connectivity index (χ1v) is 9.19. The van der Waals surface area contributed by atoms with Crippen LogP contribution in [0.1, 0.15) is 51.1 Å². The summed E-state index contributed by atoms with van der Waals surface area (Å²) >= 11 is 6.21. The van der Waals surface area contributed by atoms with Crippen LogP contribution in [0.15, 0.2) is 24.3 Å². The minimum atomic E-state index is 0.629. The van der Waals surface area contributed by atoms with Crippen LogP contribution in [0.3, 0.4) is 0 Å². The predicted molar refractivity (Wildman–Crippen MR) is 97.5 cm³/mol. The molecule has 1 aromatic carbocycles. The van der Waals surface area contributed by atoms with E-state index in [2.05, 4.69) is 38.4 Å². The fourth-order valence-corrected chi connectivity index (χ4v) is 3.84. The Morgan fingerprint density at radius 1 is 1.26 bits per heavy atom. The Balaban J connectivity index is 2.07. The van der Waals surface area contributed by atoms with Crippen molar-refractivity contribution in [3.8, 4) is 5.69 Å². The van der Waals surface area contributed by atoms with Crippen molar-refractivity contribution in [1.29, 1.82) is 0 Å². The Hall–Kier alpha value is -1.28. The van der Waals surface area contributed by atoms with Crippen LogP contribution in [0.5, 0.6) is 0 Å². The third kappa shape index (κ3) is 3.47. The van der Waals surface area contributed by atoms with Crippen LogP contribution in [-0.2, 0) is 19.3 Å². The van der Waals surface area contributed by atoms with E-state index in [4.69, 9.17) is 16.7 Å². The molecule has 23 heavy (non-hydrogen) atoms. The lowest BCUT2D eigenvalue weighted by molar-refractivity contribution is 0.337. The molecule has 2 nitrogen and oxygen atoms in total. The summed E-state index contributed by atoms with van der Waals surface area (Å²) in [6.07, 6.45) is 4.64. The van der Waals surface area contributed by atoms with E-state index in [0.29, 0.717) is 5.92 Å². The summed E-state index contributed by atoms with van der Waals surface area (Å²) in [6, 6.07) is 8.06. The molecule has 0 radical (unpaired) electrons. The summed E-state index contributed by atoms with van der Waals surface area (Å²) in [7, 11) is 0. The van der Waals surface area contributed by atoms with Gasteiger partial charge in [-0.2, -0.15) is 5.10 Å². The molecule has 1 aliphatic rings. The molecule has 0 saturated heterocycles. The van der Waals surface area contributed by atoms with Gasteiger partial charge in [-0.25, -0.2) is 4.68 Å². The van der Waals surface area contributed by atoms with Crippen molar-refractivity contribution >= 4 is 11.6 Å². The summed E-state index contributed by atoms with van der Waals surface area (Å²) in [6.45, 7) is 9.21. The molecule has 0 aliphatic heterocycles. The molecule has 0 amide bonds. The SMILES string of the molecule is CC(C)Cc1nn(-c2cccc(Cl)c2)c2c1CCC(C(C)C)C2. The second-order valence-corrected chi connectivity index (χ2v) is 8.04. The van der Waals surface area contributed by atoms with Gasteiger partial charge < -0.3 is 0 Å². The first-order valence-electron chi connectivity index (χ1n) is 8.81. The van der Waals surface area contributed by atoms with Gasteiger partial charge in [0.05, 0.1) is 11.4 Å². The van der Waals surface area contributed by atoms with Gasteiger partial charge in [0.2, 0.25) is 0 Å². The second-order valence-electron chi connectivity index (χ2n) is 7.61. The molecule has 0 saturated carbocycles. The Morgan fingerprint density at radius 2 is 2.04 bits per heavy atom. The van der Waals surface area contributed by atoms with Gasteiger partial charge in [0.1, 0.15) is 0 Å². The van der Waals surface area contributed by atoms with Crippen molar-refractivity contribution in [3.63, 3.8) is 0 Å². The Morgan fingerprint density at radius 3 is 2.70 bits per heavy atom. The van der Waals surface area contributed by atoms with Gasteiger partial charge in [0, 0.05) is 10.7 Å². The molecular formula is C20H27ClN2. The van der Waals surface area contributed by atoms with Crippen LogP contribution in [0.2, 0.25) is 5.02 Å². The maximum Gasteiger partial charge on any atom is 0.0666 e. The molecule has 1 unspecified atom stereocenters. The van der Waals surface area contributed by atoms with Crippen molar-refractivity contribution in [2.75, 3.05) is 0 Å². The number of benzene rings is 1. The van der Waals surface area contributed by atoms with E-state index in [1.54, 1.807) is 0 Å². The standard InChI is InChI=1S/C20H27ClN2/c1-13(2)10-19-18-9-8-15(14(3)4)11-20(18)23(22-19)17-7-5-6-16(21)12-17/h5-7,12-15H,8-11H2,1-4H3. The molecular weight excluding hydrogens is 304 g/mol. The number of halogens is 1. The van der Waals surface area contributed by atoms with Crippen molar-refractivity contribution < 1.29 is 0 Å². The highest BCUT2D eigenvalue weighted by molar-refractivity contribution is 6.30. The fraction of sp³-hybridized carbons (Fsp3) is 0.550. The molecule has 1 aliphatic carbocycles. The molecule has 3 heteroatoms. The average molecular weight is 331 g/mol. The molecule has 1 aromatic heterocycles. The number of fused-ring (bicyclic) bond motifs is 1. The number of rotatable bonds is 4. The fourth-order valence-electron chi connectivity index (χ4n) is 3.66. The predicted octanol–water partition coefficient (Wildman–Crippen LogP) is 5.49. The monoisotopic (exact) mass is 330 g/mol. The molecule has 0 N–H and O–H groups in total. The van der Waals surface area contributed by atoms with Gasteiger partial charge in [-0.05, 0) is 67.2 Å². The number of aromatic nitrogens is 2. The third-order valence-corrected chi connectivity index (χ3v) is 5.23. The molecule has 0 spiro atoms. The first kappa shape index (κ1) is 16.6. The first-order chi connectivity index (χ1) is 11.0. The van der Waals surface area contributed by atoms with Crippen LogP contribution in [0.4, 0.5) is 0 Å². The van der Waals surface area contributed by atoms with E-state index in [1.165, 1.54) is 29.8 Å². The summed E-state index contributed by atoms with van der Waals surface area (Å²) in [5, 5.41) is 5.77. The highest BCUT2D eigenvalue weighted by Crippen LogP contribution is 2.34. The van der Waals surface area contributed by atoms with E-state index < -0.39 is 0 Å². The van der Waals surface area contributed by atoms with Crippen molar-refractivity contribution in [1.82, 2.24) is 9.78 Å². The van der Waals surface area contributed by atoms with Crippen molar-refractivity contribution in [3.05, 3.63) is 46.2 Å². The smallest absolute Gasteiger partial charge is 0.0666 e. The lowest BCUT2D eigenvalue weighted by Gasteiger charge is -2.26. The Kier molecular flexibility index (Phi) is 4.82. The van der Waals surface area contributed by atoms with E-state index in [1.807, 2.05) is 18.2 Å². The quantitative estimate of drug-likeness (QED) is 0.725. The van der Waals surface area contributed by atoms with E-state index >= 15 is 0 Å². The third-order valence-electron chi connectivity index (χ3n) is 4.99. The van der Waals surface area contributed by atoms with Crippen LogP contribution in [0, 0.1) is 17.8 Å². The highest BCUT2D eigenvalue weighted by Gasteiger charge is 2.28. The summed E-state index contributed by atoms with van der Waals surface area (Å²) in [5.41, 5.74) is 5.29. The van der Waals surface area contributed by atoms with Gasteiger partial charge in [0.25, 0.3) is 0 Å². The molecule has 0 bridgehead atoms. The van der Waals surface area contributed by atoms with Crippen LogP contribution >= 0.6 is 11.6 Å². The van der Waals surface area contributed by atoms with Crippen LogP contribution in [0.25, 0.3) is 5.69 Å². The maximum atomic E-state index is 6.21. The van der Waals surface area contributed by atoms with E-state index in [-0.39, 0.29) is 0 Å². The zero-order valence-electron chi connectivity index (χ0n) is 14.6. The zero-order valence-corrected chi connectivity index (χ0v) is 15.4. The number of hydrogen-bond donors (Lipinski definition) is 0. The molecule has 0 fully saturated rings. The zero-order chi connectivity index (χ0) is 16.6. The molecule has 2 aromatic rings. The molecule has 124 valence electrons. The lowest BCUT2D eigenvalue weighted by atomic mass is 9.80. The molecule has 1 heterocycles. The minimum absolute atomic E-state index is 0.629. The van der Waals surface area contributed by atoms with Crippen LogP contribution < -0.4 is 0 Å². The maximum absolute atomic E-state index is 6.21. The summed E-state index contributed by atoms with van der Waals surface area (Å²) in [5.74, 6) is 2.10. The van der Waals surface area contributed by atoms with E-state index in [9.17, 15) is 0 Å². The average Bonchev–Trinajstić information content (AvgIpc) is 2.84.